The third-order valence-electron chi connectivity index (χ3n) is 4.22. The van der Waals surface area contributed by atoms with E-state index in [4.69, 9.17) is 11.1 Å². The summed E-state index contributed by atoms with van der Waals surface area (Å²) in [6, 6.07) is 8.13. The highest BCUT2D eigenvalue weighted by Crippen LogP contribution is 2.40. The Labute approximate surface area is 163 Å². The molecular weight excluding hydrogens is 386 g/mol. The molecule has 1 unspecified atom stereocenters. The van der Waals surface area contributed by atoms with Crippen LogP contribution in [0.3, 0.4) is 0 Å². The summed E-state index contributed by atoms with van der Waals surface area (Å²) in [5.74, 6) is -3.88. The van der Waals surface area contributed by atoms with Crippen LogP contribution in [-0.4, -0.2) is 56.8 Å². The van der Waals surface area contributed by atoms with Crippen molar-refractivity contribution in [1.29, 1.82) is 5.41 Å². The first kappa shape index (κ1) is 19.4. The second-order valence-electron chi connectivity index (χ2n) is 6.12. The first-order valence-corrected chi connectivity index (χ1v) is 9.24. The van der Waals surface area contributed by atoms with E-state index < -0.39 is 40.9 Å². The Kier molecular flexibility index (Phi) is 5.36. The van der Waals surface area contributed by atoms with Gasteiger partial charge in [0.05, 0.1) is 12.0 Å². The maximum atomic E-state index is 12.5. The van der Waals surface area contributed by atoms with Gasteiger partial charge in [0.15, 0.2) is 5.96 Å². The van der Waals surface area contributed by atoms with Crippen molar-refractivity contribution >= 4 is 41.4 Å². The highest BCUT2D eigenvalue weighted by molar-refractivity contribution is 8.00. The molecule has 1 saturated heterocycles. The third-order valence-corrected chi connectivity index (χ3v) is 5.50. The van der Waals surface area contributed by atoms with Crippen molar-refractivity contribution in [3.63, 3.8) is 0 Å². The van der Waals surface area contributed by atoms with Crippen molar-refractivity contribution in [2.45, 2.75) is 17.8 Å². The minimum absolute atomic E-state index is 0.000247. The molecule has 2 atom stereocenters. The average molecular weight is 403 g/mol. The number of benzene rings is 1. The van der Waals surface area contributed by atoms with E-state index in [1.165, 1.54) is 0 Å². The first-order valence-electron chi connectivity index (χ1n) is 8.19. The number of guanidine groups is 1. The van der Waals surface area contributed by atoms with Crippen LogP contribution in [0, 0.1) is 5.41 Å². The number of carbonyl (C=O) groups excluding carboxylic acids is 3. The fourth-order valence-electron chi connectivity index (χ4n) is 3.00. The third kappa shape index (κ3) is 3.69. The lowest BCUT2D eigenvalue weighted by Crippen LogP contribution is -2.71. The standard InChI is InChI=1S/C17H17N5O5S/c18-17(19)21-13(24)9-7-28-15-11(14(25)22(15)12(9)16(26)27)20-10(23)6-8-4-2-1-3-5-8/h1-5,11,15H,6-7H2,(H,20,23)(H,26,27)(H4,18,19,21,24)/t11?,15-/m0/s1. The van der Waals surface area contributed by atoms with E-state index in [0.717, 1.165) is 22.2 Å². The molecule has 2 heterocycles. The largest absolute Gasteiger partial charge is 0.477 e. The number of carboxylic acid groups (broad SMARTS) is 1. The van der Waals surface area contributed by atoms with Crippen LogP contribution in [0.4, 0.5) is 0 Å². The molecule has 0 bridgehead atoms. The molecule has 28 heavy (non-hydrogen) atoms. The van der Waals surface area contributed by atoms with Gasteiger partial charge in [-0.1, -0.05) is 30.3 Å². The molecule has 146 valence electrons. The second kappa shape index (κ2) is 7.72. The Morgan fingerprint density at radius 3 is 2.57 bits per heavy atom. The molecule has 1 fully saturated rings. The normalized spacial score (nSPS) is 20.7. The SMILES string of the molecule is N=C(N)NC(=O)C1=C(C(=O)O)N2C(=O)C(NC(=O)Cc3ccccc3)[C@@H]2SC1. The fraction of sp³-hybridized carbons (Fsp3) is 0.235. The lowest BCUT2D eigenvalue weighted by Gasteiger charge is -2.49. The van der Waals surface area contributed by atoms with Crippen molar-refractivity contribution in [3.05, 3.63) is 47.2 Å². The number of nitrogens with two attached hydrogens (primary N) is 1. The number of thioether (sulfide) groups is 1. The number of fused-ring (bicyclic) bond motifs is 1. The van der Waals surface area contributed by atoms with E-state index in [0.29, 0.717) is 0 Å². The molecule has 0 aromatic heterocycles. The van der Waals surface area contributed by atoms with Gasteiger partial charge in [-0.3, -0.25) is 30.0 Å². The van der Waals surface area contributed by atoms with E-state index >= 15 is 0 Å². The van der Waals surface area contributed by atoms with E-state index in [-0.39, 0.29) is 23.7 Å². The fourth-order valence-corrected chi connectivity index (χ4v) is 4.34. The number of amides is 3. The van der Waals surface area contributed by atoms with Gasteiger partial charge in [0.25, 0.3) is 11.8 Å². The van der Waals surface area contributed by atoms with Gasteiger partial charge in [-0.2, -0.15) is 0 Å². The molecule has 6 N–H and O–H groups in total. The van der Waals surface area contributed by atoms with Crippen molar-refractivity contribution in [3.8, 4) is 0 Å². The maximum Gasteiger partial charge on any atom is 0.353 e. The molecule has 11 heteroatoms. The van der Waals surface area contributed by atoms with Crippen molar-refractivity contribution < 1.29 is 24.3 Å². The smallest absolute Gasteiger partial charge is 0.353 e. The topological polar surface area (TPSA) is 166 Å². The predicted molar refractivity (Wildman–Crippen MR) is 99.9 cm³/mol. The lowest BCUT2D eigenvalue weighted by molar-refractivity contribution is -0.150. The van der Waals surface area contributed by atoms with Crippen LogP contribution in [0.1, 0.15) is 5.56 Å². The van der Waals surface area contributed by atoms with E-state index in [2.05, 4.69) is 5.32 Å². The number of nitrogens with one attached hydrogen (secondary N) is 3. The van der Waals surface area contributed by atoms with Gasteiger partial charge in [-0.05, 0) is 5.56 Å². The molecule has 2 aliphatic rings. The zero-order valence-electron chi connectivity index (χ0n) is 14.5. The van der Waals surface area contributed by atoms with Crippen LogP contribution in [-0.2, 0) is 25.6 Å². The Bertz CT molecular complexity index is 900. The Hall–Kier alpha value is -3.34. The summed E-state index contributed by atoms with van der Waals surface area (Å²) >= 11 is 1.15. The minimum atomic E-state index is -1.44. The number of carboxylic acids is 1. The molecule has 1 aromatic carbocycles. The van der Waals surface area contributed by atoms with Crippen molar-refractivity contribution in [2.75, 3.05) is 5.75 Å². The van der Waals surface area contributed by atoms with Crippen LogP contribution in [0.5, 0.6) is 0 Å². The molecule has 0 aliphatic carbocycles. The highest BCUT2D eigenvalue weighted by atomic mass is 32.2. The molecule has 2 aliphatic heterocycles. The average Bonchev–Trinajstić information content (AvgIpc) is 2.64. The van der Waals surface area contributed by atoms with Gasteiger partial charge < -0.3 is 16.2 Å². The summed E-state index contributed by atoms with van der Waals surface area (Å²) in [5.41, 5.74) is 5.28. The van der Waals surface area contributed by atoms with Crippen molar-refractivity contribution in [2.24, 2.45) is 5.73 Å². The number of carbonyl (C=O) groups is 4. The highest BCUT2D eigenvalue weighted by Gasteiger charge is 2.54. The molecule has 3 amide bonds. The van der Waals surface area contributed by atoms with Gasteiger partial charge in [0.1, 0.15) is 17.1 Å². The van der Waals surface area contributed by atoms with Gasteiger partial charge in [0.2, 0.25) is 5.91 Å². The Balaban J connectivity index is 1.74. The first-order chi connectivity index (χ1) is 13.3. The molecule has 0 spiro atoms. The molecule has 1 aromatic rings. The van der Waals surface area contributed by atoms with Crippen LogP contribution < -0.4 is 16.4 Å². The number of aliphatic carboxylic acids is 1. The molecule has 10 nitrogen and oxygen atoms in total. The van der Waals surface area contributed by atoms with Crippen LogP contribution in [0.15, 0.2) is 41.6 Å². The van der Waals surface area contributed by atoms with Gasteiger partial charge in [-0.15, -0.1) is 11.8 Å². The van der Waals surface area contributed by atoms with Crippen LogP contribution in [0.2, 0.25) is 0 Å². The number of hydrogen-bond donors (Lipinski definition) is 5. The summed E-state index contributed by atoms with van der Waals surface area (Å²) in [7, 11) is 0. The summed E-state index contributed by atoms with van der Waals surface area (Å²) in [5, 5.41) is 20.6. The van der Waals surface area contributed by atoms with Gasteiger partial charge in [-0.25, -0.2) is 4.79 Å². The van der Waals surface area contributed by atoms with E-state index in [1.54, 1.807) is 24.3 Å². The van der Waals surface area contributed by atoms with E-state index in [9.17, 15) is 24.3 Å². The molecule has 0 saturated carbocycles. The molecule has 3 rings (SSSR count). The van der Waals surface area contributed by atoms with Crippen LogP contribution >= 0.6 is 11.8 Å². The monoisotopic (exact) mass is 403 g/mol. The molecular formula is C17H17N5O5S. The number of nitrogens with zero attached hydrogens (tertiary/aromatic N) is 1. The van der Waals surface area contributed by atoms with Crippen LogP contribution in [0.25, 0.3) is 0 Å². The van der Waals surface area contributed by atoms with Crippen molar-refractivity contribution in [1.82, 2.24) is 15.5 Å². The minimum Gasteiger partial charge on any atom is -0.477 e. The quantitative estimate of drug-likeness (QED) is 0.238. The van der Waals surface area contributed by atoms with Gasteiger partial charge in [0, 0.05) is 5.75 Å². The van der Waals surface area contributed by atoms with E-state index in [1.807, 2.05) is 11.4 Å². The lowest BCUT2D eigenvalue weighted by atomic mass is 10.0. The maximum absolute atomic E-state index is 12.5. The summed E-state index contributed by atoms with van der Waals surface area (Å²) < 4.78 is 0. The number of hydrogen-bond acceptors (Lipinski definition) is 6. The van der Waals surface area contributed by atoms with Gasteiger partial charge >= 0.3 is 5.97 Å². The predicted octanol–water partition coefficient (Wildman–Crippen LogP) is -1.02. The zero-order valence-corrected chi connectivity index (χ0v) is 15.3. The number of β-lactam (4-membered cyclic amide) rings is 1. The zero-order chi connectivity index (χ0) is 20.4. The number of rotatable bonds is 5. The molecule has 0 radical (unpaired) electrons. The summed E-state index contributed by atoms with van der Waals surface area (Å²) in [6.45, 7) is 0. The summed E-state index contributed by atoms with van der Waals surface area (Å²) in [6.07, 6.45) is 0.0932. The Morgan fingerprint density at radius 2 is 1.96 bits per heavy atom. The summed E-state index contributed by atoms with van der Waals surface area (Å²) in [4.78, 5) is 49.4. The Morgan fingerprint density at radius 1 is 1.29 bits per heavy atom. The second-order valence-corrected chi connectivity index (χ2v) is 7.22.